The minimum absolute atomic E-state index is 0.0431. The van der Waals surface area contributed by atoms with Crippen LogP contribution in [0.5, 0.6) is 11.5 Å². The minimum atomic E-state index is -0.263. The molecule has 110 valence electrons. The molecule has 0 radical (unpaired) electrons. The van der Waals surface area contributed by atoms with Crippen LogP contribution in [-0.4, -0.2) is 31.0 Å². The van der Waals surface area contributed by atoms with E-state index in [9.17, 15) is 9.59 Å². The summed E-state index contributed by atoms with van der Waals surface area (Å²) in [5.74, 6) is 0.883. The standard InChI is InChI=1S/C15H16N2O4/c1-20-12-5-6-14(21-2)13(8-12)16-15(19)9-17-7-3-4-11(17)10-18/h3-8,10H,9H2,1-2H3,(H,16,19). The molecule has 2 aromatic rings. The van der Waals surface area contributed by atoms with Crippen LogP contribution in [0, 0.1) is 0 Å². The molecule has 1 amide bonds. The van der Waals surface area contributed by atoms with Gasteiger partial charge < -0.3 is 19.4 Å². The summed E-state index contributed by atoms with van der Waals surface area (Å²) in [4.78, 5) is 22.9. The Labute approximate surface area is 122 Å². The summed E-state index contributed by atoms with van der Waals surface area (Å²) in [5, 5.41) is 2.75. The van der Waals surface area contributed by atoms with Gasteiger partial charge in [-0.1, -0.05) is 0 Å². The molecule has 6 nitrogen and oxygen atoms in total. The first-order valence-corrected chi connectivity index (χ1v) is 6.30. The Balaban J connectivity index is 2.13. The molecule has 0 saturated carbocycles. The van der Waals surface area contributed by atoms with Crippen molar-refractivity contribution in [1.29, 1.82) is 0 Å². The molecule has 0 aliphatic rings. The number of nitrogens with one attached hydrogen (secondary N) is 1. The van der Waals surface area contributed by atoms with E-state index in [2.05, 4.69) is 5.32 Å². The molecule has 0 aliphatic carbocycles. The number of hydrogen-bond acceptors (Lipinski definition) is 4. The van der Waals surface area contributed by atoms with Crippen molar-refractivity contribution >= 4 is 17.9 Å². The van der Waals surface area contributed by atoms with Gasteiger partial charge in [0.05, 0.1) is 25.6 Å². The largest absolute Gasteiger partial charge is 0.497 e. The molecular weight excluding hydrogens is 272 g/mol. The van der Waals surface area contributed by atoms with Crippen LogP contribution in [0.4, 0.5) is 5.69 Å². The van der Waals surface area contributed by atoms with Gasteiger partial charge in [0.15, 0.2) is 6.29 Å². The zero-order valence-corrected chi connectivity index (χ0v) is 11.8. The van der Waals surface area contributed by atoms with Crippen molar-refractivity contribution in [2.75, 3.05) is 19.5 Å². The van der Waals surface area contributed by atoms with Gasteiger partial charge in [-0.15, -0.1) is 0 Å². The van der Waals surface area contributed by atoms with Crippen molar-refractivity contribution in [1.82, 2.24) is 4.57 Å². The van der Waals surface area contributed by atoms with E-state index in [-0.39, 0.29) is 12.5 Å². The number of nitrogens with zero attached hydrogens (tertiary/aromatic N) is 1. The summed E-state index contributed by atoms with van der Waals surface area (Å²) in [5.41, 5.74) is 0.962. The SMILES string of the molecule is COc1ccc(OC)c(NC(=O)Cn2cccc2C=O)c1. The lowest BCUT2D eigenvalue weighted by Crippen LogP contribution is -2.19. The van der Waals surface area contributed by atoms with E-state index in [4.69, 9.17) is 9.47 Å². The number of aldehydes is 1. The molecular formula is C15H16N2O4. The van der Waals surface area contributed by atoms with Gasteiger partial charge in [0.2, 0.25) is 5.91 Å². The molecule has 0 atom stereocenters. The fourth-order valence-electron chi connectivity index (χ4n) is 1.93. The number of anilines is 1. The Bertz CT molecular complexity index is 649. The number of carbonyl (C=O) groups is 2. The highest BCUT2D eigenvalue weighted by Crippen LogP contribution is 2.28. The topological polar surface area (TPSA) is 69.6 Å². The summed E-state index contributed by atoms with van der Waals surface area (Å²) >= 11 is 0. The number of methoxy groups -OCH3 is 2. The second-order valence-electron chi connectivity index (χ2n) is 4.29. The van der Waals surface area contributed by atoms with Gasteiger partial charge in [-0.3, -0.25) is 9.59 Å². The first kappa shape index (κ1) is 14.6. The number of rotatable bonds is 6. The average molecular weight is 288 g/mol. The minimum Gasteiger partial charge on any atom is -0.497 e. The molecule has 1 heterocycles. The lowest BCUT2D eigenvalue weighted by atomic mass is 10.2. The normalized spacial score (nSPS) is 10.0. The summed E-state index contributed by atoms with van der Waals surface area (Å²) in [7, 11) is 3.07. The van der Waals surface area contributed by atoms with Crippen molar-refractivity contribution in [3.05, 3.63) is 42.2 Å². The summed E-state index contributed by atoms with van der Waals surface area (Å²) in [6.45, 7) is 0.0431. The Hall–Kier alpha value is -2.76. The van der Waals surface area contributed by atoms with Crippen molar-refractivity contribution in [2.45, 2.75) is 6.54 Å². The Morgan fingerprint density at radius 2 is 2.10 bits per heavy atom. The maximum absolute atomic E-state index is 12.1. The van der Waals surface area contributed by atoms with E-state index >= 15 is 0 Å². The Morgan fingerprint density at radius 3 is 2.76 bits per heavy atom. The third-order valence-electron chi connectivity index (χ3n) is 2.98. The van der Waals surface area contributed by atoms with E-state index in [1.807, 2.05) is 0 Å². The van der Waals surface area contributed by atoms with Gasteiger partial charge in [0.1, 0.15) is 18.0 Å². The number of amides is 1. The zero-order chi connectivity index (χ0) is 15.2. The monoisotopic (exact) mass is 288 g/mol. The van der Waals surface area contributed by atoms with Crippen LogP contribution in [0.2, 0.25) is 0 Å². The van der Waals surface area contributed by atoms with Crippen LogP contribution in [0.25, 0.3) is 0 Å². The number of carbonyl (C=O) groups excluding carboxylic acids is 2. The van der Waals surface area contributed by atoms with Crippen LogP contribution in [0.1, 0.15) is 10.5 Å². The summed E-state index contributed by atoms with van der Waals surface area (Å²) < 4.78 is 11.9. The van der Waals surface area contributed by atoms with E-state index in [1.54, 1.807) is 48.2 Å². The molecule has 21 heavy (non-hydrogen) atoms. The highest BCUT2D eigenvalue weighted by molar-refractivity contribution is 5.92. The molecule has 1 aromatic heterocycles. The predicted octanol–water partition coefficient (Wildman–Crippen LogP) is 1.96. The summed E-state index contributed by atoms with van der Waals surface area (Å²) in [6, 6.07) is 8.48. The van der Waals surface area contributed by atoms with Crippen LogP contribution in [0.15, 0.2) is 36.5 Å². The van der Waals surface area contributed by atoms with Crippen LogP contribution in [-0.2, 0) is 11.3 Å². The number of hydrogen-bond donors (Lipinski definition) is 1. The van der Waals surface area contributed by atoms with Gasteiger partial charge in [-0.2, -0.15) is 0 Å². The van der Waals surface area contributed by atoms with E-state index in [0.29, 0.717) is 29.2 Å². The molecule has 2 rings (SSSR count). The molecule has 0 aliphatic heterocycles. The molecule has 6 heteroatoms. The third kappa shape index (κ3) is 3.42. The second-order valence-corrected chi connectivity index (χ2v) is 4.29. The van der Waals surface area contributed by atoms with E-state index < -0.39 is 0 Å². The van der Waals surface area contributed by atoms with Crippen LogP contribution >= 0.6 is 0 Å². The maximum atomic E-state index is 12.1. The van der Waals surface area contributed by atoms with E-state index in [1.165, 1.54) is 7.11 Å². The number of ether oxygens (including phenoxy) is 2. The summed E-state index contributed by atoms with van der Waals surface area (Å²) in [6.07, 6.45) is 2.38. The Kier molecular flexibility index (Phi) is 4.61. The van der Waals surface area contributed by atoms with E-state index in [0.717, 1.165) is 0 Å². The third-order valence-corrected chi connectivity index (χ3v) is 2.98. The molecule has 0 saturated heterocycles. The molecule has 0 spiro atoms. The molecule has 1 N–H and O–H groups in total. The van der Waals surface area contributed by atoms with Gasteiger partial charge in [0.25, 0.3) is 0 Å². The molecule has 1 aromatic carbocycles. The zero-order valence-electron chi connectivity index (χ0n) is 11.8. The highest BCUT2D eigenvalue weighted by Gasteiger charge is 2.10. The first-order chi connectivity index (χ1) is 10.2. The van der Waals surface area contributed by atoms with Crippen molar-refractivity contribution in [3.63, 3.8) is 0 Å². The maximum Gasteiger partial charge on any atom is 0.244 e. The first-order valence-electron chi connectivity index (χ1n) is 6.30. The van der Waals surface area contributed by atoms with Gasteiger partial charge in [-0.25, -0.2) is 0 Å². The predicted molar refractivity (Wildman–Crippen MR) is 78.0 cm³/mol. The highest BCUT2D eigenvalue weighted by atomic mass is 16.5. The fourth-order valence-corrected chi connectivity index (χ4v) is 1.93. The fraction of sp³-hybridized carbons (Fsp3) is 0.200. The molecule has 0 fully saturated rings. The lowest BCUT2D eigenvalue weighted by molar-refractivity contribution is -0.116. The lowest BCUT2D eigenvalue weighted by Gasteiger charge is -2.12. The molecule has 0 bridgehead atoms. The van der Waals surface area contributed by atoms with Crippen LogP contribution in [0.3, 0.4) is 0 Å². The van der Waals surface area contributed by atoms with Crippen LogP contribution < -0.4 is 14.8 Å². The number of aromatic nitrogens is 1. The van der Waals surface area contributed by atoms with Gasteiger partial charge in [-0.05, 0) is 24.3 Å². The van der Waals surface area contributed by atoms with Gasteiger partial charge >= 0.3 is 0 Å². The molecule has 0 unspecified atom stereocenters. The second kappa shape index (κ2) is 6.60. The van der Waals surface area contributed by atoms with Gasteiger partial charge in [0, 0.05) is 12.3 Å². The Morgan fingerprint density at radius 1 is 1.29 bits per heavy atom. The van der Waals surface area contributed by atoms with Crippen molar-refractivity contribution in [2.24, 2.45) is 0 Å². The number of benzene rings is 1. The quantitative estimate of drug-likeness (QED) is 0.825. The smallest absolute Gasteiger partial charge is 0.244 e. The van der Waals surface area contributed by atoms with Crippen molar-refractivity contribution in [3.8, 4) is 11.5 Å². The average Bonchev–Trinajstić information content (AvgIpc) is 2.94. The van der Waals surface area contributed by atoms with Crippen molar-refractivity contribution < 1.29 is 19.1 Å².